The molecule has 3 nitrogen and oxygen atoms in total. The molecule has 0 bridgehead atoms. The van der Waals surface area contributed by atoms with Crippen LogP contribution in [0.4, 0.5) is 0 Å². The molecule has 0 aliphatic carbocycles. The highest BCUT2D eigenvalue weighted by molar-refractivity contribution is 5.88. The highest BCUT2D eigenvalue weighted by Crippen LogP contribution is 2.31. The zero-order chi connectivity index (χ0) is 20.1. The fourth-order valence-electron chi connectivity index (χ4n) is 4.77. The summed E-state index contributed by atoms with van der Waals surface area (Å²) in [5, 5.41) is 3.88. The van der Waals surface area contributed by atoms with Crippen LogP contribution in [0, 0.1) is 6.92 Å². The molecule has 0 spiro atoms. The zero-order valence-corrected chi connectivity index (χ0v) is 16.9. The smallest absolute Gasteiger partial charge is 0.0459 e. The topological polar surface area (TPSA) is 47.4 Å². The van der Waals surface area contributed by atoms with Crippen molar-refractivity contribution in [3.8, 4) is 0 Å². The van der Waals surface area contributed by atoms with Crippen LogP contribution in [0.3, 0.4) is 0 Å². The maximum Gasteiger partial charge on any atom is 0.0459 e. The first-order valence-electron chi connectivity index (χ1n) is 10.5. The number of aromatic amines is 3. The van der Waals surface area contributed by atoms with Gasteiger partial charge in [-0.05, 0) is 47.7 Å². The Morgan fingerprint density at radius 1 is 0.600 bits per heavy atom. The summed E-state index contributed by atoms with van der Waals surface area (Å²) in [6, 6.07) is 28.0. The number of benzene rings is 3. The molecule has 146 valence electrons. The van der Waals surface area contributed by atoms with E-state index in [1.807, 2.05) is 0 Å². The Hall–Kier alpha value is -3.72. The number of hydrogen-bond donors (Lipinski definition) is 3. The van der Waals surface area contributed by atoms with Gasteiger partial charge in [0.15, 0.2) is 0 Å². The third kappa shape index (κ3) is 2.74. The van der Waals surface area contributed by atoms with Gasteiger partial charge in [-0.2, -0.15) is 0 Å². The van der Waals surface area contributed by atoms with Crippen molar-refractivity contribution in [3.63, 3.8) is 0 Å². The lowest BCUT2D eigenvalue weighted by Gasteiger charge is -2.06. The van der Waals surface area contributed by atoms with E-state index in [1.165, 1.54) is 60.9 Å². The van der Waals surface area contributed by atoms with Gasteiger partial charge >= 0.3 is 0 Å². The zero-order valence-electron chi connectivity index (χ0n) is 16.9. The molecule has 3 heteroatoms. The number of rotatable bonds is 4. The predicted octanol–water partition coefficient (Wildman–Crippen LogP) is 6.62. The second kappa shape index (κ2) is 6.67. The highest BCUT2D eigenvalue weighted by Gasteiger charge is 2.16. The molecule has 0 unspecified atom stereocenters. The summed E-state index contributed by atoms with van der Waals surface area (Å²) in [6.45, 7) is 2.18. The van der Waals surface area contributed by atoms with Gasteiger partial charge in [-0.3, -0.25) is 0 Å². The lowest BCUT2D eigenvalue weighted by Crippen LogP contribution is -1.97. The first-order chi connectivity index (χ1) is 14.8. The van der Waals surface area contributed by atoms with E-state index in [9.17, 15) is 0 Å². The third-order valence-corrected chi connectivity index (χ3v) is 6.24. The molecule has 3 heterocycles. The summed E-state index contributed by atoms with van der Waals surface area (Å²) < 4.78 is 0. The molecule has 0 saturated heterocycles. The molecule has 0 aliphatic heterocycles. The molecule has 0 atom stereocenters. The molecule has 0 aliphatic rings. The maximum atomic E-state index is 3.72. The van der Waals surface area contributed by atoms with Gasteiger partial charge in [0.25, 0.3) is 0 Å². The number of nitrogens with one attached hydrogen (secondary N) is 3. The van der Waals surface area contributed by atoms with Crippen LogP contribution in [0.15, 0.2) is 78.9 Å². The van der Waals surface area contributed by atoms with Crippen molar-refractivity contribution in [2.24, 2.45) is 0 Å². The van der Waals surface area contributed by atoms with E-state index in [2.05, 4.69) is 101 Å². The van der Waals surface area contributed by atoms with Crippen LogP contribution in [0.25, 0.3) is 32.7 Å². The van der Waals surface area contributed by atoms with Crippen LogP contribution in [0.5, 0.6) is 0 Å². The Balaban J connectivity index is 1.48. The number of fused-ring (bicyclic) bond motifs is 3. The molecule has 0 fully saturated rings. The van der Waals surface area contributed by atoms with Gasteiger partial charge in [-0.25, -0.2) is 0 Å². The van der Waals surface area contributed by atoms with Crippen LogP contribution in [0.2, 0.25) is 0 Å². The van der Waals surface area contributed by atoms with Gasteiger partial charge in [-0.15, -0.1) is 0 Å². The van der Waals surface area contributed by atoms with Gasteiger partial charge in [0.1, 0.15) is 0 Å². The van der Waals surface area contributed by atoms with Gasteiger partial charge in [0.2, 0.25) is 0 Å². The lowest BCUT2D eigenvalue weighted by molar-refractivity contribution is 1.03. The van der Waals surface area contributed by atoms with Crippen molar-refractivity contribution in [3.05, 3.63) is 107 Å². The first-order valence-corrected chi connectivity index (χ1v) is 10.5. The standard InChI is InChI=1S/C27H23N3/c1-17-22(20-9-3-6-12-25(20)28-17)16-27-23(21-10-4-7-13-26(21)30-27)15-19-14-18-8-2-5-11-24(18)29-19/h2-14,28-30H,15-16H2,1H3. The molecule has 3 aromatic carbocycles. The minimum atomic E-state index is 0.884. The Bertz CT molecular complexity index is 1480. The Labute approximate surface area is 174 Å². The second-order valence-corrected chi connectivity index (χ2v) is 8.14. The van der Waals surface area contributed by atoms with Gasteiger partial charge in [-0.1, -0.05) is 54.6 Å². The summed E-state index contributed by atoms with van der Waals surface area (Å²) in [4.78, 5) is 10.9. The molecule has 3 aromatic heterocycles. The third-order valence-electron chi connectivity index (χ3n) is 6.24. The number of H-pyrrole nitrogens is 3. The molecular formula is C27H23N3. The van der Waals surface area contributed by atoms with E-state index < -0.39 is 0 Å². The fourth-order valence-corrected chi connectivity index (χ4v) is 4.77. The Morgan fingerprint density at radius 3 is 2.00 bits per heavy atom. The molecule has 0 radical (unpaired) electrons. The molecule has 0 amide bonds. The number of aryl methyl sites for hydroxylation is 1. The van der Waals surface area contributed by atoms with Crippen LogP contribution in [-0.2, 0) is 12.8 Å². The lowest BCUT2D eigenvalue weighted by atomic mass is 9.99. The van der Waals surface area contributed by atoms with E-state index in [0.29, 0.717) is 0 Å². The average molecular weight is 390 g/mol. The summed E-state index contributed by atoms with van der Waals surface area (Å²) in [5.74, 6) is 0. The van der Waals surface area contributed by atoms with Crippen molar-refractivity contribution in [2.45, 2.75) is 19.8 Å². The number of hydrogen-bond acceptors (Lipinski definition) is 0. The average Bonchev–Trinajstić information content (AvgIpc) is 3.42. The van der Waals surface area contributed by atoms with Crippen LogP contribution in [-0.4, -0.2) is 15.0 Å². The van der Waals surface area contributed by atoms with Gasteiger partial charge in [0.05, 0.1) is 0 Å². The van der Waals surface area contributed by atoms with Crippen molar-refractivity contribution in [1.29, 1.82) is 0 Å². The van der Waals surface area contributed by atoms with Crippen LogP contribution < -0.4 is 0 Å². The summed E-state index contributed by atoms with van der Waals surface area (Å²) in [7, 11) is 0. The quantitative estimate of drug-likeness (QED) is 0.303. The first kappa shape index (κ1) is 17.2. The van der Waals surface area contributed by atoms with E-state index in [-0.39, 0.29) is 0 Å². The minimum Gasteiger partial charge on any atom is -0.358 e. The monoisotopic (exact) mass is 389 g/mol. The van der Waals surface area contributed by atoms with Gasteiger partial charge < -0.3 is 15.0 Å². The maximum absolute atomic E-state index is 3.72. The number of aromatic nitrogens is 3. The largest absolute Gasteiger partial charge is 0.358 e. The van der Waals surface area contributed by atoms with Crippen molar-refractivity contribution in [2.75, 3.05) is 0 Å². The summed E-state index contributed by atoms with van der Waals surface area (Å²) in [6.07, 6.45) is 1.77. The second-order valence-electron chi connectivity index (χ2n) is 8.14. The molecule has 3 N–H and O–H groups in total. The summed E-state index contributed by atoms with van der Waals surface area (Å²) >= 11 is 0. The van der Waals surface area contributed by atoms with Crippen molar-refractivity contribution < 1.29 is 0 Å². The SMILES string of the molecule is Cc1[nH]c2ccccc2c1Cc1[nH]c2ccccc2c1Cc1cc2ccccc2[nH]1. The van der Waals surface area contributed by atoms with Crippen LogP contribution in [0.1, 0.15) is 28.2 Å². The highest BCUT2D eigenvalue weighted by atomic mass is 14.8. The van der Waals surface area contributed by atoms with E-state index >= 15 is 0 Å². The minimum absolute atomic E-state index is 0.884. The molecule has 0 saturated carbocycles. The molecular weight excluding hydrogens is 366 g/mol. The summed E-state index contributed by atoms with van der Waals surface area (Å²) in [5.41, 5.74) is 10.1. The Kier molecular flexibility index (Phi) is 3.81. The molecule has 6 rings (SSSR count). The Morgan fingerprint density at radius 2 is 1.23 bits per heavy atom. The predicted molar refractivity (Wildman–Crippen MR) is 125 cm³/mol. The van der Waals surface area contributed by atoms with Crippen molar-refractivity contribution >= 4 is 32.7 Å². The molecule has 6 aromatic rings. The molecule has 30 heavy (non-hydrogen) atoms. The normalized spacial score (nSPS) is 11.8. The van der Waals surface area contributed by atoms with Crippen LogP contribution >= 0.6 is 0 Å². The van der Waals surface area contributed by atoms with E-state index in [0.717, 1.165) is 12.8 Å². The van der Waals surface area contributed by atoms with E-state index in [1.54, 1.807) is 0 Å². The van der Waals surface area contributed by atoms with E-state index in [4.69, 9.17) is 0 Å². The van der Waals surface area contributed by atoms with Gasteiger partial charge in [0, 0.05) is 57.2 Å². The fraction of sp³-hybridized carbons (Fsp3) is 0.111. The number of para-hydroxylation sites is 3. The van der Waals surface area contributed by atoms with Crippen molar-refractivity contribution in [1.82, 2.24) is 15.0 Å².